The second-order valence-electron chi connectivity index (χ2n) is 4.10. The quantitative estimate of drug-likeness (QED) is 0.843. The lowest BCUT2D eigenvalue weighted by molar-refractivity contribution is -0.113. The summed E-state index contributed by atoms with van der Waals surface area (Å²) >= 11 is 1.50. The molecule has 6 heteroatoms. The normalized spacial score (nSPS) is 11.6. The fourth-order valence-electron chi connectivity index (χ4n) is 1.28. The first-order chi connectivity index (χ1) is 8.36. The topological polar surface area (TPSA) is 63.2 Å². The molecule has 0 bridgehead atoms. The second kappa shape index (κ2) is 6.24. The number of para-hydroxylation sites is 1. The number of carbonyl (C=O) groups excluding carboxylic acids is 1. The van der Waals surface area contributed by atoms with Crippen molar-refractivity contribution in [3.63, 3.8) is 0 Å². The largest absolute Gasteiger partial charge is 0.324 e. The van der Waals surface area contributed by atoms with Crippen LogP contribution in [0.15, 0.2) is 29.2 Å². The Morgan fingerprint density at radius 1 is 1.33 bits per heavy atom. The molecule has 0 heterocycles. The van der Waals surface area contributed by atoms with Gasteiger partial charge < -0.3 is 5.32 Å². The first-order valence-electron chi connectivity index (χ1n) is 5.51. The van der Waals surface area contributed by atoms with Gasteiger partial charge >= 0.3 is 0 Å². The molecule has 1 N–H and O–H groups in total. The Kier molecular flexibility index (Phi) is 5.22. The molecule has 18 heavy (non-hydrogen) atoms. The molecule has 0 saturated heterocycles. The maximum atomic E-state index is 11.7. The standard InChI is InChI=1S/C12H17NO3S2/c1-9(2)18(15,16)8-12(14)13-10-6-4-5-7-11(10)17-3/h4-7,9H,8H2,1-3H3,(H,13,14). The minimum Gasteiger partial charge on any atom is -0.324 e. The summed E-state index contributed by atoms with van der Waals surface area (Å²) in [5, 5.41) is 2.09. The van der Waals surface area contributed by atoms with E-state index in [2.05, 4.69) is 5.32 Å². The highest BCUT2D eigenvalue weighted by Gasteiger charge is 2.20. The third-order valence-electron chi connectivity index (χ3n) is 2.43. The average molecular weight is 287 g/mol. The van der Waals surface area contributed by atoms with Crippen LogP contribution in [0, 0.1) is 0 Å². The first-order valence-corrected chi connectivity index (χ1v) is 8.45. The van der Waals surface area contributed by atoms with Gasteiger partial charge in [0, 0.05) is 4.90 Å². The van der Waals surface area contributed by atoms with Crippen molar-refractivity contribution in [2.45, 2.75) is 24.0 Å². The SMILES string of the molecule is CSc1ccccc1NC(=O)CS(=O)(=O)C(C)C. The molecular weight excluding hydrogens is 270 g/mol. The average Bonchev–Trinajstić information content (AvgIpc) is 2.28. The van der Waals surface area contributed by atoms with Crippen molar-refractivity contribution < 1.29 is 13.2 Å². The summed E-state index contributed by atoms with van der Waals surface area (Å²) in [6.07, 6.45) is 1.90. The molecule has 1 rings (SSSR count). The van der Waals surface area contributed by atoms with Gasteiger partial charge in [0.2, 0.25) is 5.91 Å². The minimum atomic E-state index is -3.36. The Labute approximate surface area is 112 Å². The zero-order valence-electron chi connectivity index (χ0n) is 10.6. The Morgan fingerprint density at radius 3 is 2.50 bits per heavy atom. The Hall–Kier alpha value is -1.01. The third kappa shape index (κ3) is 4.03. The van der Waals surface area contributed by atoms with Crippen LogP contribution in [0.4, 0.5) is 5.69 Å². The van der Waals surface area contributed by atoms with Crippen LogP contribution >= 0.6 is 11.8 Å². The number of sulfone groups is 1. The summed E-state index contributed by atoms with van der Waals surface area (Å²) in [5.41, 5.74) is 0.647. The van der Waals surface area contributed by atoms with E-state index in [0.717, 1.165) is 4.90 Å². The van der Waals surface area contributed by atoms with Crippen LogP contribution in [0.1, 0.15) is 13.8 Å². The van der Waals surface area contributed by atoms with E-state index in [1.54, 1.807) is 26.0 Å². The number of rotatable bonds is 5. The van der Waals surface area contributed by atoms with E-state index in [1.165, 1.54) is 11.8 Å². The predicted molar refractivity (Wildman–Crippen MR) is 75.8 cm³/mol. The molecule has 0 unspecified atom stereocenters. The lowest BCUT2D eigenvalue weighted by Crippen LogP contribution is -2.28. The lowest BCUT2D eigenvalue weighted by atomic mass is 10.3. The van der Waals surface area contributed by atoms with Crippen LogP contribution < -0.4 is 5.32 Å². The fourth-order valence-corrected chi connectivity index (χ4v) is 2.61. The zero-order valence-corrected chi connectivity index (χ0v) is 12.3. The molecule has 1 aromatic carbocycles. The molecule has 0 spiro atoms. The van der Waals surface area contributed by atoms with Crippen LogP contribution in [0.5, 0.6) is 0 Å². The van der Waals surface area contributed by atoms with Gasteiger partial charge in [-0.2, -0.15) is 0 Å². The number of nitrogens with one attached hydrogen (secondary N) is 1. The monoisotopic (exact) mass is 287 g/mol. The predicted octanol–water partition coefficient (Wildman–Crippen LogP) is 2.17. The summed E-state index contributed by atoms with van der Waals surface area (Å²) in [6.45, 7) is 3.14. The lowest BCUT2D eigenvalue weighted by Gasteiger charge is -2.10. The van der Waals surface area contributed by atoms with E-state index < -0.39 is 26.7 Å². The zero-order chi connectivity index (χ0) is 13.8. The van der Waals surface area contributed by atoms with Crippen molar-refractivity contribution in [1.29, 1.82) is 0 Å². The van der Waals surface area contributed by atoms with Gasteiger partial charge in [0.05, 0.1) is 10.9 Å². The van der Waals surface area contributed by atoms with Gasteiger partial charge in [-0.25, -0.2) is 8.42 Å². The molecule has 0 aliphatic rings. The smallest absolute Gasteiger partial charge is 0.239 e. The first kappa shape index (κ1) is 15.0. The number of anilines is 1. The highest BCUT2D eigenvalue weighted by atomic mass is 32.2. The van der Waals surface area contributed by atoms with Crippen LogP contribution in [0.3, 0.4) is 0 Å². The van der Waals surface area contributed by atoms with Gasteiger partial charge in [0.25, 0.3) is 0 Å². The number of amides is 1. The molecule has 0 aliphatic carbocycles. The van der Waals surface area contributed by atoms with Gasteiger partial charge in [-0.15, -0.1) is 11.8 Å². The minimum absolute atomic E-state index is 0.479. The Balaban J connectivity index is 2.77. The van der Waals surface area contributed by atoms with Crippen molar-refractivity contribution in [1.82, 2.24) is 0 Å². The molecule has 0 aliphatic heterocycles. The van der Waals surface area contributed by atoms with Gasteiger partial charge in [-0.05, 0) is 32.2 Å². The fraction of sp³-hybridized carbons (Fsp3) is 0.417. The molecule has 1 aromatic rings. The van der Waals surface area contributed by atoms with E-state index in [9.17, 15) is 13.2 Å². The number of benzene rings is 1. The van der Waals surface area contributed by atoms with Crippen LogP contribution in [-0.4, -0.2) is 31.6 Å². The molecule has 0 atom stereocenters. The number of hydrogen-bond acceptors (Lipinski definition) is 4. The van der Waals surface area contributed by atoms with Gasteiger partial charge in [-0.3, -0.25) is 4.79 Å². The van der Waals surface area contributed by atoms with Gasteiger partial charge in [-0.1, -0.05) is 12.1 Å². The molecule has 100 valence electrons. The highest BCUT2D eigenvalue weighted by Crippen LogP contribution is 2.24. The molecule has 0 fully saturated rings. The second-order valence-corrected chi connectivity index (χ2v) is 7.51. The summed E-state index contributed by atoms with van der Waals surface area (Å²) < 4.78 is 23.2. The molecule has 0 saturated carbocycles. The summed E-state index contributed by atoms with van der Waals surface area (Å²) in [5.74, 6) is -0.974. The van der Waals surface area contributed by atoms with Crippen molar-refractivity contribution in [3.05, 3.63) is 24.3 Å². The third-order valence-corrected chi connectivity index (χ3v) is 5.33. The Bertz CT molecular complexity index is 524. The maximum Gasteiger partial charge on any atom is 0.239 e. The van der Waals surface area contributed by atoms with E-state index in [0.29, 0.717) is 5.69 Å². The molecule has 0 aromatic heterocycles. The molecule has 4 nitrogen and oxygen atoms in total. The van der Waals surface area contributed by atoms with E-state index in [1.807, 2.05) is 18.4 Å². The van der Waals surface area contributed by atoms with Crippen molar-refractivity contribution in [3.8, 4) is 0 Å². The maximum absolute atomic E-state index is 11.7. The molecular formula is C12H17NO3S2. The summed E-state index contributed by atoms with van der Waals surface area (Å²) in [7, 11) is -3.36. The van der Waals surface area contributed by atoms with E-state index in [4.69, 9.17) is 0 Å². The number of hydrogen-bond donors (Lipinski definition) is 1. The summed E-state index contributed by atoms with van der Waals surface area (Å²) in [4.78, 5) is 12.6. The van der Waals surface area contributed by atoms with Crippen LogP contribution in [0.2, 0.25) is 0 Å². The number of carbonyl (C=O) groups is 1. The van der Waals surface area contributed by atoms with Crippen molar-refractivity contribution >= 4 is 33.2 Å². The Morgan fingerprint density at radius 2 is 1.94 bits per heavy atom. The summed E-state index contributed by atoms with van der Waals surface area (Å²) in [6, 6.07) is 7.29. The van der Waals surface area contributed by atoms with Gasteiger partial charge in [0.15, 0.2) is 9.84 Å². The van der Waals surface area contributed by atoms with Crippen molar-refractivity contribution in [2.75, 3.05) is 17.3 Å². The highest BCUT2D eigenvalue weighted by molar-refractivity contribution is 7.98. The van der Waals surface area contributed by atoms with Crippen LogP contribution in [0.25, 0.3) is 0 Å². The van der Waals surface area contributed by atoms with Crippen molar-refractivity contribution in [2.24, 2.45) is 0 Å². The van der Waals surface area contributed by atoms with E-state index in [-0.39, 0.29) is 0 Å². The van der Waals surface area contributed by atoms with Crippen LogP contribution in [-0.2, 0) is 14.6 Å². The number of thioether (sulfide) groups is 1. The van der Waals surface area contributed by atoms with E-state index >= 15 is 0 Å². The molecule has 0 radical (unpaired) electrons. The van der Waals surface area contributed by atoms with Gasteiger partial charge in [0.1, 0.15) is 5.75 Å². The molecule has 1 amide bonds.